The zero-order valence-electron chi connectivity index (χ0n) is 20.3. The molecule has 0 bridgehead atoms. The molecule has 3 aromatic carbocycles. The van der Waals surface area contributed by atoms with Crippen LogP contribution in [-0.2, 0) is 6.61 Å². The highest BCUT2D eigenvalue weighted by atomic mass is 79.9. The molecule has 0 radical (unpaired) electrons. The van der Waals surface area contributed by atoms with Crippen LogP contribution in [0.3, 0.4) is 0 Å². The van der Waals surface area contributed by atoms with Gasteiger partial charge in [0, 0.05) is 10.4 Å². The average molecular weight is 668 g/mol. The second-order valence-corrected chi connectivity index (χ2v) is 11.0. The van der Waals surface area contributed by atoms with E-state index in [-0.39, 0.29) is 18.1 Å². The smallest absolute Gasteiger partial charge is 0.282 e. The fourth-order valence-electron chi connectivity index (χ4n) is 3.64. The molecule has 6 nitrogen and oxygen atoms in total. The van der Waals surface area contributed by atoms with Gasteiger partial charge in [-0.25, -0.2) is 4.98 Å². The number of aromatic nitrogens is 2. The van der Waals surface area contributed by atoms with E-state index in [4.69, 9.17) is 37.7 Å². The maximum absolute atomic E-state index is 13.4. The lowest BCUT2D eigenvalue weighted by Crippen LogP contribution is -2.23. The minimum absolute atomic E-state index is 0.0383. The van der Waals surface area contributed by atoms with Gasteiger partial charge in [0.25, 0.3) is 5.56 Å². The number of ether oxygens (including phenoxy) is 2. The van der Waals surface area contributed by atoms with E-state index in [0.717, 1.165) is 16.5 Å². The number of nitrogens with zero attached hydrogens (tertiary/aromatic N) is 3. The molecular weight excluding hydrogens is 645 g/mol. The zero-order chi connectivity index (χ0) is 26.7. The third kappa shape index (κ3) is 6.20. The van der Waals surface area contributed by atoms with Gasteiger partial charge in [-0.1, -0.05) is 59.0 Å². The monoisotopic (exact) mass is 665 g/mol. The summed E-state index contributed by atoms with van der Waals surface area (Å²) in [5, 5.41) is 5.97. The van der Waals surface area contributed by atoms with Crippen LogP contribution >= 0.6 is 55.1 Å². The van der Waals surface area contributed by atoms with E-state index in [1.54, 1.807) is 37.6 Å². The Morgan fingerprint density at radius 1 is 1.11 bits per heavy atom. The lowest BCUT2D eigenvalue weighted by atomic mass is 10.1. The number of hydrogen-bond acceptors (Lipinski definition) is 5. The minimum atomic E-state index is -0.231. The first kappa shape index (κ1) is 27.6. The molecule has 0 N–H and O–H groups in total. The molecule has 0 aliphatic heterocycles. The Bertz CT molecular complexity index is 1560. The Morgan fingerprint density at radius 3 is 2.59 bits per heavy atom. The largest absolute Gasteiger partial charge is 0.493 e. The van der Waals surface area contributed by atoms with E-state index in [2.05, 4.69) is 43.9 Å². The van der Waals surface area contributed by atoms with Crippen LogP contribution < -0.4 is 15.0 Å². The molecule has 0 unspecified atom stereocenters. The van der Waals surface area contributed by atoms with E-state index in [9.17, 15) is 4.79 Å². The van der Waals surface area contributed by atoms with Gasteiger partial charge in [0.2, 0.25) is 0 Å². The number of benzene rings is 3. The molecule has 0 saturated heterocycles. The molecule has 0 aliphatic rings. The van der Waals surface area contributed by atoms with Crippen LogP contribution in [0.4, 0.5) is 0 Å². The summed E-state index contributed by atoms with van der Waals surface area (Å²) in [6.45, 7) is 4.35. The summed E-state index contributed by atoms with van der Waals surface area (Å²) in [5.74, 6) is 1.67. The molecule has 37 heavy (non-hydrogen) atoms. The number of hydrogen-bond donors (Lipinski definition) is 0. The van der Waals surface area contributed by atoms with Crippen molar-refractivity contribution in [1.82, 2.24) is 9.66 Å². The van der Waals surface area contributed by atoms with E-state index < -0.39 is 0 Å². The molecule has 1 aromatic heterocycles. The molecule has 0 spiro atoms. The first-order valence-corrected chi connectivity index (χ1v) is 13.8. The fraction of sp³-hybridized carbons (Fsp3) is 0.222. The van der Waals surface area contributed by atoms with Crippen molar-refractivity contribution in [2.45, 2.75) is 32.8 Å². The van der Waals surface area contributed by atoms with Crippen LogP contribution in [0, 0.1) is 0 Å². The van der Waals surface area contributed by atoms with Crippen molar-refractivity contribution >= 4 is 72.2 Å². The SMILES string of the molecule is CC[C@H](C)c1nc2ccc(Br)cc2c(=O)n1N=Cc1cc(Br)c(OCc2ccc(Cl)c(Cl)c2)c(OC)c1. The number of halogens is 4. The van der Waals surface area contributed by atoms with Crippen LogP contribution in [0.1, 0.15) is 43.1 Å². The first-order chi connectivity index (χ1) is 17.7. The van der Waals surface area contributed by atoms with Gasteiger partial charge in [-0.3, -0.25) is 4.79 Å². The standard InChI is InChI=1S/C27H23Br2Cl2N3O3/c1-4-15(2)26-33-23-8-6-18(28)12-19(23)27(35)34(26)32-13-17-9-20(29)25(24(11-17)36-3)37-14-16-5-7-21(30)22(31)10-16/h5-13,15H,4,14H2,1-3H3/t15-/m0/s1. The fourth-order valence-corrected chi connectivity index (χ4v) is 4.90. The van der Waals surface area contributed by atoms with Gasteiger partial charge >= 0.3 is 0 Å². The zero-order valence-corrected chi connectivity index (χ0v) is 24.9. The predicted octanol–water partition coefficient (Wildman–Crippen LogP) is 8.21. The predicted molar refractivity (Wildman–Crippen MR) is 157 cm³/mol. The highest BCUT2D eigenvalue weighted by Gasteiger charge is 2.16. The van der Waals surface area contributed by atoms with Gasteiger partial charge in [0.1, 0.15) is 12.4 Å². The quantitative estimate of drug-likeness (QED) is 0.178. The van der Waals surface area contributed by atoms with Gasteiger partial charge in [0.05, 0.1) is 38.7 Å². The molecule has 10 heteroatoms. The van der Waals surface area contributed by atoms with Crippen molar-refractivity contribution in [1.29, 1.82) is 0 Å². The van der Waals surface area contributed by atoms with Crippen LogP contribution in [0.25, 0.3) is 10.9 Å². The van der Waals surface area contributed by atoms with E-state index in [0.29, 0.717) is 48.3 Å². The highest BCUT2D eigenvalue weighted by molar-refractivity contribution is 9.10. The summed E-state index contributed by atoms with van der Waals surface area (Å²) in [5.41, 5.74) is 1.98. The second-order valence-electron chi connectivity index (χ2n) is 8.37. The normalized spacial score (nSPS) is 12.3. The van der Waals surface area contributed by atoms with Crippen LogP contribution in [-0.4, -0.2) is 23.0 Å². The Morgan fingerprint density at radius 2 is 1.89 bits per heavy atom. The van der Waals surface area contributed by atoms with E-state index in [1.807, 2.05) is 31.2 Å². The molecule has 0 saturated carbocycles. The van der Waals surface area contributed by atoms with Gasteiger partial charge in [-0.2, -0.15) is 9.78 Å². The Labute approximate surface area is 241 Å². The summed E-state index contributed by atoms with van der Waals surface area (Å²) in [4.78, 5) is 18.1. The molecule has 1 atom stereocenters. The third-order valence-electron chi connectivity index (χ3n) is 5.83. The second kappa shape index (κ2) is 12.0. The van der Waals surface area contributed by atoms with Crippen molar-refractivity contribution in [2.24, 2.45) is 5.10 Å². The van der Waals surface area contributed by atoms with Crippen molar-refractivity contribution in [2.75, 3.05) is 7.11 Å². The molecule has 4 aromatic rings. The van der Waals surface area contributed by atoms with Crippen LogP contribution in [0.2, 0.25) is 10.0 Å². The summed E-state index contributed by atoms with van der Waals surface area (Å²) in [6.07, 6.45) is 2.42. The summed E-state index contributed by atoms with van der Waals surface area (Å²) >= 11 is 19.1. The Balaban J connectivity index is 1.69. The molecule has 1 heterocycles. The van der Waals surface area contributed by atoms with Gasteiger partial charge in [-0.05, 0) is 75.9 Å². The maximum atomic E-state index is 13.4. The van der Waals surface area contributed by atoms with Crippen molar-refractivity contribution in [3.63, 3.8) is 0 Å². The summed E-state index contributed by atoms with van der Waals surface area (Å²) in [6, 6.07) is 14.4. The first-order valence-electron chi connectivity index (χ1n) is 11.4. The molecular formula is C27H23Br2Cl2N3O3. The van der Waals surface area contributed by atoms with Crippen LogP contribution in [0.5, 0.6) is 11.5 Å². The van der Waals surface area contributed by atoms with Crippen molar-refractivity contribution in [3.05, 3.63) is 94.8 Å². The topological polar surface area (TPSA) is 65.7 Å². The lowest BCUT2D eigenvalue weighted by Gasteiger charge is -2.15. The summed E-state index contributed by atoms with van der Waals surface area (Å²) < 4.78 is 14.4. The molecule has 192 valence electrons. The third-order valence-corrected chi connectivity index (χ3v) is 7.65. The molecule has 0 fully saturated rings. The molecule has 0 aliphatic carbocycles. The number of fused-ring (bicyclic) bond motifs is 1. The maximum Gasteiger partial charge on any atom is 0.282 e. The van der Waals surface area contributed by atoms with E-state index >= 15 is 0 Å². The van der Waals surface area contributed by atoms with Gasteiger partial charge in [-0.15, -0.1) is 0 Å². The van der Waals surface area contributed by atoms with E-state index in [1.165, 1.54) is 4.68 Å². The highest BCUT2D eigenvalue weighted by Crippen LogP contribution is 2.37. The average Bonchev–Trinajstić information content (AvgIpc) is 2.88. The van der Waals surface area contributed by atoms with Crippen molar-refractivity contribution < 1.29 is 9.47 Å². The minimum Gasteiger partial charge on any atom is -0.493 e. The number of methoxy groups -OCH3 is 1. The lowest BCUT2D eigenvalue weighted by molar-refractivity contribution is 0.282. The number of rotatable bonds is 8. The molecule has 0 amide bonds. The van der Waals surface area contributed by atoms with Gasteiger partial charge < -0.3 is 9.47 Å². The Kier molecular flexibility index (Phi) is 8.95. The summed E-state index contributed by atoms with van der Waals surface area (Å²) in [7, 11) is 1.56. The molecule has 4 rings (SSSR count). The van der Waals surface area contributed by atoms with Crippen molar-refractivity contribution in [3.8, 4) is 11.5 Å². The van der Waals surface area contributed by atoms with Crippen LogP contribution in [0.15, 0.2) is 67.4 Å². The Hall–Kier alpha value is -2.39. The van der Waals surface area contributed by atoms with Gasteiger partial charge in [0.15, 0.2) is 11.5 Å².